The van der Waals surface area contributed by atoms with Crippen LogP contribution in [0, 0.1) is 0 Å². The van der Waals surface area contributed by atoms with E-state index in [1.54, 1.807) is 18.2 Å². The van der Waals surface area contributed by atoms with Crippen molar-refractivity contribution in [1.82, 2.24) is 4.98 Å². The van der Waals surface area contributed by atoms with Gasteiger partial charge in [-0.15, -0.1) is 0 Å². The van der Waals surface area contributed by atoms with Crippen molar-refractivity contribution in [3.05, 3.63) is 29.7 Å². The minimum Gasteiger partial charge on any atom is -0.440 e. The molecular weight excluding hydrogens is 228 g/mol. The van der Waals surface area contributed by atoms with Crippen LogP contribution in [0.3, 0.4) is 0 Å². The van der Waals surface area contributed by atoms with Gasteiger partial charge >= 0.3 is 0 Å². The summed E-state index contributed by atoms with van der Waals surface area (Å²) in [5, 5.41) is 0. The number of carbonyl (C=O) groups is 1. The number of fused-ring (bicyclic) bond motifs is 1. The maximum Gasteiger partial charge on any atom is 0.200 e. The molecule has 4 heteroatoms. The van der Waals surface area contributed by atoms with Crippen molar-refractivity contribution in [2.75, 3.05) is 6.54 Å². The van der Waals surface area contributed by atoms with Crippen molar-refractivity contribution in [3.63, 3.8) is 0 Å². The van der Waals surface area contributed by atoms with Gasteiger partial charge in [-0.05, 0) is 24.7 Å². The molecule has 96 valence electrons. The van der Waals surface area contributed by atoms with E-state index in [-0.39, 0.29) is 11.2 Å². The molecule has 0 amide bonds. The highest BCUT2D eigenvalue weighted by atomic mass is 16.3. The van der Waals surface area contributed by atoms with Gasteiger partial charge in [-0.1, -0.05) is 20.8 Å². The zero-order valence-corrected chi connectivity index (χ0v) is 11.0. The highest BCUT2D eigenvalue weighted by Gasteiger charge is 2.21. The van der Waals surface area contributed by atoms with Crippen LogP contribution in [-0.2, 0) is 5.41 Å². The minimum atomic E-state index is -0.138. The second-order valence-corrected chi connectivity index (χ2v) is 5.41. The van der Waals surface area contributed by atoms with Gasteiger partial charge in [0, 0.05) is 17.4 Å². The Kier molecular flexibility index (Phi) is 3.22. The van der Waals surface area contributed by atoms with Crippen molar-refractivity contribution in [3.8, 4) is 0 Å². The second-order valence-electron chi connectivity index (χ2n) is 5.41. The third kappa shape index (κ3) is 2.43. The van der Waals surface area contributed by atoms with E-state index in [0.29, 0.717) is 30.0 Å². The molecule has 0 aliphatic heterocycles. The number of rotatable bonds is 3. The van der Waals surface area contributed by atoms with Crippen molar-refractivity contribution in [2.24, 2.45) is 5.73 Å². The van der Waals surface area contributed by atoms with Crippen LogP contribution >= 0.6 is 0 Å². The van der Waals surface area contributed by atoms with E-state index in [4.69, 9.17) is 10.2 Å². The number of hydrogen-bond acceptors (Lipinski definition) is 4. The van der Waals surface area contributed by atoms with Gasteiger partial charge in [0.25, 0.3) is 0 Å². The Morgan fingerprint density at radius 2 is 2.11 bits per heavy atom. The van der Waals surface area contributed by atoms with Gasteiger partial charge in [-0.2, -0.15) is 0 Å². The first-order valence-corrected chi connectivity index (χ1v) is 6.06. The van der Waals surface area contributed by atoms with E-state index in [1.807, 2.05) is 20.8 Å². The zero-order valence-electron chi connectivity index (χ0n) is 11.0. The van der Waals surface area contributed by atoms with Gasteiger partial charge in [0.05, 0.1) is 0 Å². The van der Waals surface area contributed by atoms with Crippen LogP contribution in [0.25, 0.3) is 11.1 Å². The van der Waals surface area contributed by atoms with Gasteiger partial charge in [-0.25, -0.2) is 4.98 Å². The van der Waals surface area contributed by atoms with Gasteiger partial charge < -0.3 is 10.2 Å². The van der Waals surface area contributed by atoms with E-state index in [2.05, 4.69) is 4.98 Å². The summed E-state index contributed by atoms with van der Waals surface area (Å²) in [6.07, 6.45) is 0.357. The number of aromatic nitrogens is 1. The summed E-state index contributed by atoms with van der Waals surface area (Å²) in [7, 11) is 0. The lowest BCUT2D eigenvalue weighted by Gasteiger charge is -2.11. The summed E-state index contributed by atoms with van der Waals surface area (Å²) in [5.41, 5.74) is 7.32. The van der Waals surface area contributed by atoms with Gasteiger partial charge in [0.15, 0.2) is 11.4 Å². The fourth-order valence-electron chi connectivity index (χ4n) is 1.70. The fourth-order valence-corrected chi connectivity index (χ4v) is 1.70. The number of ketones is 1. The normalized spacial score (nSPS) is 12.0. The van der Waals surface area contributed by atoms with Crippen molar-refractivity contribution >= 4 is 16.9 Å². The number of nitrogens with zero attached hydrogens (tertiary/aromatic N) is 1. The monoisotopic (exact) mass is 246 g/mol. The Bertz CT molecular complexity index is 579. The lowest BCUT2D eigenvalue weighted by atomic mass is 9.97. The molecule has 0 aliphatic carbocycles. The molecule has 0 radical (unpaired) electrons. The minimum absolute atomic E-state index is 0.0414. The molecule has 1 aromatic heterocycles. The lowest BCUT2D eigenvalue weighted by molar-refractivity contribution is 0.0985. The summed E-state index contributed by atoms with van der Waals surface area (Å²) < 4.78 is 5.68. The quantitative estimate of drug-likeness (QED) is 0.845. The first-order valence-electron chi connectivity index (χ1n) is 6.06. The average Bonchev–Trinajstić information content (AvgIpc) is 2.71. The second kappa shape index (κ2) is 4.53. The van der Waals surface area contributed by atoms with Crippen LogP contribution in [0.2, 0.25) is 0 Å². The van der Waals surface area contributed by atoms with E-state index in [0.717, 1.165) is 5.52 Å². The molecule has 0 unspecified atom stereocenters. The third-order valence-electron chi connectivity index (χ3n) is 2.72. The Morgan fingerprint density at radius 1 is 1.39 bits per heavy atom. The van der Waals surface area contributed by atoms with Gasteiger partial charge in [0.1, 0.15) is 5.52 Å². The summed E-state index contributed by atoms with van der Waals surface area (Å²) in [6, 6.07) is 5.32. The molecule has 2 aromatic rings. The summed E-state index contributed by atoms with van der Waals surface area (Å²) in [5.74, 6) is 0.723. The Hall–Kier alpha value is -1.68. The maximum atomic E-state index is 11.8. The third-order valence-corrected chi connectivity index (χ3v) is 2.72. The SMILES string of the molecule is CC(C)(C)c1nc2cc(C(=O)CCN)ccc2o1. The molecule has 2 N–H and O–H groups in total. The Labute approximate surface area is 106 Å². The largest absolute Gasteiger partial charge is 0.440 e. The molecule has 4 nitrogen and oxygen atoms in total. The van der Waals surface area contributed by atoms with Crippen LogP contribution in [0.5, 0.6) is 0 Å². The van der Waals surface area contributed by atoms with E-state index >= 15 is 0 Å². The molecule has 0 atom stereocenters. The molecule has 0 aliphatic rings. The molecule has 18 heavy (non-hydrogen) atoms. The van der Waals surface area contributed by atoms with Crippen LogP contribution < -0.4 is 5.73 Å². The molecule has 0 bridgehead atoms. The predicted octanol–water partition coefficient (Wildman–Crippen LogP) is 2.66. The lowest BCUT2D eigenvalue weighted by Crippen LogP contribution is -2.11. The maximum absolute atomic E-state index is 11.8. The van der Waals surface area contributed by atoms with Crippen LogP contribution in [0.15, 0.2) is 22.6 Å². The smallest absolute Gasteiger partial charge is 0.200 e. The van der Waals surface area contributed by atoms with Crippen LogP contribution in [0.4, 0.5) is 0 Å². The number of benzene rings is 1. The number of carbonyl (C=O) groups excluding carboxylic acids is 1. The Morgan fingerprint density at radius 3 is 2.72 bits per heavy atom. The molecule has 0 fully saturated rings. The van der Waals surface area contributed by atoms with E-state index in [9.17, 15) is 4.79 Å². The number of hydrogen-bond donors (Lipinski definition) is 1. The fraction of sp³-hybridized carbons (Fsp3) is 0.429. The van der Waals surface area contributed by atoms with Gasteiger partial charge in [0.2, 0.25) is 5.89 Å². The van der Waals surface area contributed by atoms with Crippen LogP contribution in [0.1, 0.15) is 43.4 Å². The van der Waals surface area contributed by atoms with Crippen LogP contribution in [-0.4, -0.2) is 17.3 Å². The van der Waals surface area contributed by atoms with Crippen molar-refractivity contribution < 1.29 is 9.21 Å². The first-order chi connectivity index (χ1) is 8.41. The van der Waals surface area contributed by atoms with Gasteiger partial charge in [-0.3, -0.25) is 4.79 Å². The number of oxazole rings is 1. The molecule has 0 spiro atoms. The van der Waals surface area contributed by atoms with Crippen molar-refractivity contribution in [2.45, 2.75) is 32.6 Å². The molecular formula is C14H18N2O2. The predicted molar refractivity (Wildman–Crippen MR) is 70.7 cm³/mol. The molecule has 2 rings (SSSR count). The first kappa shape index (κ1) is 12.8. The summed E-state index contributed by atoms with van der Waals surface area (Å²) in [6.45, 7) is 6.48. The highest BCUT2D eigenvalue weighted by Crippen LogP contribution is 2.26. The average molecular weight is 246 g/mol. The highest BCUT2D eigenvalue weighted by molar-refractivity contribution is 5.98. The molecule has 1 heterocycles. The number of Topliss-reactive ketones (excluding diaryl/α,β-unsaturated/α-hetero) is 1. The standard InChI is InChI=1S/C14H18N2O2/c1-14(2,3)13-16-10-8-9(11(17)6-7-15)4-5-12(10)18-13/h4-5,8H,6-7,15H2,1-3H3. The zero-order chi connectivity index (χ0) is 13.3. The molecule has 1 aromatic carbocycles. The summed E-state index contributed by atoms with van der Waals surface area (Å²) in [4.78, 5) is 16.2. The molecule has 0 saturated carbocycles. The number of nitrogens with two attached hydrogens (primary N) is 1. The Balaban J connectivity index is 2.43. The van der Waals surface area contributed by atoms with E-state index < -0.39 is 0 Å². The van der Waals surface area contributed by atoms with E-state index in [1.165, 1.54) is 0 Å². The topological polar surface area (TPSA) is 69.1 Å². The molecule has 0 saturated heterocycles. The summed E-state index contributed by atoms with van der Waals surface area (Å²) >= 11 is 0. The van der Waals surface area contributed by atoms with Crippen molar-refractivity contribution in [1.29, 1.82) is 0 Å².